The summed E-state index contributed by atoms with van der Waals surface area (Å²) in [6, 6.07) is 21.0. The van der Waals surface area contributed by atoms with Crippen LogP contribution in [0.4, 0.5) is 4.79 Å². The van der Waals surface area contributed by atoms with Crippen LogP contribution >= 0.6 is 0 Å². The Morgan fingerprint density at radius 1 is 0.806 bits per heavy atom. The van der Waals surface area contributed by atoms with Crippen LogP contribution in [0.3, 0.4) is 0 Å². The molecule has 0 bridgehead atoms. The van der Waals surface area contributed by atoms with Gasteiger partial charge in [0, 0.05) is 0 Å². The lowest BCUT2D eigenvalue weighted by Crippen LogP contribution is -2.42. The van der Waals surface area contributed by atoms with Crippen LogP contribution in [0.1, 0.15) is 17.2 Å². The number of hydrogen-bond donors (Lipinski definition) is 1. The fourth-order valence-electron chi connectivity index (χ4n) is 3.38. The summed E-state index contributed by atoms with van der Waals surface area (Å²) in [5.74, 6) is -3.06. The van der Waals surface area contributed by atoms with E-state index in [1.54, 1.807) is 12.1 Å². The maximum Gasteiger partial charge on any atom is 0.407 e. The molecule has 0 aliphatic carbocycles. The zero-order valence-corrected chi connectivity index (χ0v) is 17.2. The van der Waals surface area contributed by atoms with E-state index in [1.165, 1.54) is 14.2 Å². The smallest absolute Gasteiger partial charge is 0.407 e. The number of hydrogen-bond acceptors (Lipinski definition) is 6. The zero-order valence-electron chi connectivity index (χ0n) is 17.2. The Labute approximate surface area is 179 Å². The van der Waals surface area contributed by atoms with Crippen molar-refractivity contribution in [2.75, 3.05) is 14.2 Å². The molecule has 7 heteroatoms. The minimum Gasteiger partial charge on any atom is -0.468 e. The van der Waals surface area contributed by atoms with Crippen LogP contribution in [0.15, 0.2) is 72.8 Å². The second-order valence-corrected chi connectivity index (χ2v) is 6.78. The molecule has 0 spiro atoms. The fraction of sp³-hybridized carbons (Fsp3) is 0.208. The first-order valence-electron chi connectivity index (χ1n) is 9.65. The molecule has 3 aromatic carbocycles. The van der Waals surface area contributed by atoms with Gasteiger partial charge >= 0.3 is 18.0 Å². The number of carbonyl (C=O) groups excluding carboxylic acids is 3. The summed E-state index contributed by atoms with van der Waals surface area (Å²) >= 11 is 0. The van der Waals surface area contributed by atoms with E-state index in [4.69, 9.17) is 14.2 Å². The zero-order chi connectivity index (χ0) is 22.2. The van der Waals surface area contributed by atoms with Gasteiger partial charge in [-0.05, 0) is 21.9 Å². The van der Waals surface area contributed by atoms with E-state index in [2.05, 4.69) is 5.32 Å². The largest absolute Gasteiger partial charge is 0.468 e. The maximum atomic E-state index is 12.6. The van der Waals surface area contributed by atoms with Crippen molar-refractivity contribution in [2.24, 2.45) is 5.92 Å². The Morgan fingerprint density at radius 2 is 1.42 bits per heavy atom. The topological polar surface area (TPSA) is 90.9 Å². The number of nitrogens with one attached hydrogen (secondary N) is 1. The van der Waals surface area contributed by atoms with Crippen molar-refractivity contribution in [1.82, 2.24) is 5.32 Å². The Kier molecular flexibility index (Phi) is 7.22. The van der Waals surface area contributed by atoms with Gasteiger partial charge in [-0.1, -0.05) is 72.8 Å². The second kappa shape index (κ2) is 10.2. The number of methoxy groups -OCH3 is 2. The maximum absolute atomic E-state index is 12.6. The first-order chi connectivity index (χ1) is 15.0. The summed E-state index contributed by atoms with van der Waals surface area (Å²) in [5.41, 5.74) is 1.37. The lowest BCUT2D eigenvalue weighted by atomic mass is 9.89. The van der Waals surface area contributed by atoms with E-state index in [9.17, 15) is 14.4 Å². The SMILES string of the molecule is COC(=O)C(C(=O)OC)[C@H](NC(=O)OCc1ccccc1)c1cccc2ccccc12. The van der Waals surface area contributed by atoms with E-state index in [1.807, 2.05) is 60.7 Å². The minimum absolute atomic E-state index is 0.0377. The van der Waals surface area contributed by atoms with Crippen LogP contribution in [0.2, 0.25) is 0 Å². The van der Waals surface area contributed by atoms with Crippen LogP contribution < -0.4 is 5.32 Å². The highest BCUT2D eigenvalue weighted by Crippen LogP contribution is 2.31. The molecule has 1 atom stereocenters. The van der Waals surface area contributed by atoms with Crippen molar-refractivity contribution < 1.29 is 28.6 Å². The van der Waals surface area contributed by atoms with Gasteiger partial charge in [-0.3, -0.25) is 9.59 Å². The third-order valence-corrected chi connectivity index (χ3v) is 4.89. The highest BCUT2D eigenvalue weighted by atomic mass is 16.6. The average Bonchev–Trinajstić information content (AvgIpc) is 2.82. The van der Waals surface area contributed by atoms with E-state index < -0.39 is 30.0 Å². The van der Waals surface area contributed by atoms with Gasteiger partial charge in [-0.2, -0.15) is 0 Å². The molecule has 0 aromatic heterocycles. The van der Waals surface area contributed by atoms with Crippen molar-refractivity contribution in [2.45, 2.75) is 12.6 Å². The number of alkyl carbamates (subject to hydrolysis) is 1. The lowest BCUT2D eigenvalue weighted by molar-refractivity contribution is -0.160. The van der Waals surface area contributed by atoms with Crippen LogP contribution in [-0.2, 0) is 30.4 Å². The molecule has 1 N–H and O–H groups in total. The monoisotopic (exact) mass is 421 g/mol. The average molecular weight is 421 g/mol. The molecule has 7 nitrogen and oxygen atoms in total. The van der Waals surface area contributed by atoms with E-state index in [-0.39, 0.29) is 6.61 Å². The van der Waals surface area contributed by atoms with E-state index >= 15 is 0 Å². The summed E-state index contributed by atoms with van der Waals surface area (Å²) in [7, 11) is 2.35. The summed E-state index contributed by atoms with van der Waals surface area (Å²) < 4.78 is 15.0. The standard InChI is InChI=1S/C24H23NO6/c1-29-22(26)20(23(27)30-2)21(19-14-8-12-17-11-6-7-13-18(17)19)25-24(28)31-15-16-9-4-3-5-10-16/h3-14,20-21H,15H2,1-2H3,(H,25,28)/t21-/m1/s1. The van der Waals surface area contributed by atoms with Crippen molar-refractivity contribution in [3.05, 3.63) is 83.9 Å². The van der Waals surface area contributed by atoms with E-state index in [0.717, 1.165) is 16.3 Å². The van der Waals surface area contributed by atoms with Gasteiger partial charge in [0.25, 0.3) is 0 Å². The molecule has 0 aliphatic rings. The number of amides is 1. The molecule has 0 saturated carbocycles. The Hall–Kier alpha value is -3.87. The Bertz CT molecular complexity index is 1040. The first-order valence-corrected chi connectivity index (χ1v) is 9.65. The number of benzene rings is 3. The van der Waals surface area contributed by atoms with Gasteiger partial charge in [0.1, 0.15) is 6.61 Å². The van der Waals surface area contributed by atoms with Gasteiger partial charge in [0.15, 0.2) is 5.92 Å². The van der Waals surface area contributed by atoms with Gasteiger partial charge in [0.2, 0.25) is 0 Å². The Balaban J connectivity index is 1.96. The second-order valence-electron chi connectivity index (χ2n) is 6.78. The predicted molar refractivity (Wildman–Crippen MR) is 114 cm³/mol. The molecular formula is C24H23NO6. The van der Waals surface area contributed by atoms with Crippen molar-refractivity contribution in [1.29, 1.82) is 0 Å². The summed E-state index contributed by atoms with van der Waals surface area (Å²) in [6.45, 7) is 0.0377. The minimum atomic E-state index is -1.41. The molecule has 0 radical (unpaired) electrons. The molecule has 0 saturated heterocycles. The van der Waals surface area contributed by atoms with Crippen LogP contribution in [-0.4, -0.2) is 32.3 Å². The molecule has 0 unspecified atom stereocenters. The third-order valence-electron chi connectivity index (χ3n) is 4.89. The van der Waals surface area contributed by atoms with Crippen molar-refractivity contribution >= 4 is 28.8 Å². The fourth-order valence-corrected chi connectivity index (χ4v) is 3.38. The number of carbonyl (C=O) groups is 3. The van der Waals surface area contributed by atoms with Crippen LogP contribution in [0.5, 0.6) is 0 Å². The highest BCUT2D eigenvalue weighted by molar-refractivity contribution is 5.97. The lowest BCUT2D eigenvalue weighted by Gasteiger charge is -2.25. The number of esters is 2. The third kappa shape index (κ3) is 5.19. The Morgan fingerprint density at radius 3 is 2.10 bits per heavy atom. The predicted octanol–water partition coefficient (Wildman–Crippen LogP) is 3.77. The summed E-state index contributed by atoms with van der Waals surface area (Å²) in [6.07, 6.45) is -0.778. The molecule has 0 heterocycles. The summed E-state index contributed by atoms with van der Waals surface area (Å²) in [5, 5.41) is 4.32. The van der Waals surface area contributed by atoms with Crippen molar-refractivity contribution in [3.8, 4) is 0 Å². The van der Waals surface area contributed by atoms with Crippen molar-refractivity contribution in [3.63, 3.8) is 0 Å². The molecule has 31 heavy (non-hydrogen) atoms. The van der Waals surface area contributed by atoms with Gasteiger partial charge < -0.3 is 19.5 Å². The molecule has 160 valence electrons. The number of rotatable bonds is 7. The molecule has 3 aromatic rings. The van der Waals surface area contributed by atoms with Gasteiger partial charge in [-0.15, -0.1) is 0 Å². The van der Waals surface area contributed by atoms with E-state index in [0.29, 0.717) is 5.56 Å². The molecule has 3 rings (SSSR count). The van der Waals surface area contributed by atoms with Crippen LogP contribution in [0.25, 0.3) is 10.8 Å². The number of fused-ring (bicyclic) bond motifs is 1. The summed E-state index contributed by atoms with van der Waals surface area (Å²) in [4.78, 5) is 37.6. The number of ether oxygens (including phenoxy) is 3. The van der Waals surface area contributed by atoms with Gasteiger partial charge in [-0.25, -0.2) is 4.79 Å². The molecule has 0 fully saturated rings. The van der Waals surface area contributed by atoms with Crippen LogP contribution in [0, 0.1) is 5.92 Å². The molecular weight excluding hydrogens is 398 g/mol. The first kappa shape index (κ1) is 21.8. The highest BCUT2D eigenvalue weighted by Gasteiger charge is 2.40. The quantitative estimate of drug-likeness (QED) is 0.355. The molecule has 0 aliphatic heterocycles. The van der Waals surface area contributed by atoms with Gasteiger partial charge in [0.05, 0.1) is 20.3 Å². The molecule has 1 amide bonds. The normalized spacial score (nSPS) is 11.6.